The molecule has 3 fully saturated rings. The molecule has 0 spiro atoms. The number of fused-ring (bicyclic) bond motifs is 9. The Kier molecular flexibility index (Phi) is 25.8. The Bertz CT molecular complexity index is 5040. The Morgan fingerprint density at radius 3 is 1.32 bits per heavy atom. The standard InChI is InChI=1S/C36H47N3O5.C27H31NO4.C23H31N3O2.C9H18N2O2/c1-9-36(10-2)22-35(6,7)29-27-19-24(32(41)37-25-17-18-38(21-25)33(42)44-34(3,4)5)13-16-28(27)39(30(29)31(36)40)20-23-11-14-26(43-8)15-12-23;1-6-27(7-2)16-26(3,4)22-20-14-18(25(30)31)10-13-21(20)28(23(22)24(27)29)15-17-8-11-19(32-5)12-9-17;1-5-23(6-2)13-22(3,4)18-16-11-14(21(28)25-15-9-10-24-12-15)7-8-17(16)26-19(18)20(23)27;1-9(2,3)13-8(12)11-5-4-7(10)6-11/h11-16,19,25H,9-10,17-18,20-22H2,1-8H3,(H,37,41);8-14H,6-7,15-16H2,1-5H3,(H,30,31);7-8,11,15,24,26H,5-6,9-10,12-13H2,1-4H3,(H,25,28);7H,4-6,10H2,1-3H3. The number of benzene rings is 5. The lowest BCUT2D eigenvalue weighted by Gasteiger charge is -2.43. The first-order valence-electron chi connectivity index (χ1n) is 42.3. The van der Waals surface area contributed by atoms with Gasteiger partial charge in [-0.05, 0) is 248 Å². The van der Waals surface area contributed by atoms with Crippen molar-refractivity contribution < 1.29 is 62.4 Å². The summed E-state index contributed by atoms with van der Waals surface area (Å²) in [7, 11) is 3.29. The number of hydrogen-bond acceptors (Lipinski definition) is 14. The molecule has 4 amide bonds. The van der Waals surface area contributed by atoms with Crippen LogP contribution in [0.15, 0.2) is 103 Å². The molecular formula is C95H127N9O13. The van der Waals surface area contributed by atoms with Gasteiger partial charge in [0, 0.05) is 124 Å². The molecule has 22 nitrogen and oxygen atoms in total. The normalized spacial score (nSPS) is 19.9. The van der Waals surface area contributed by atoms with E-state index in [2.05, 4.69) is 113 Å². The fourth-order valence-electron chi connectivity index (χ4n) is 19.4. The lowest BCUT2D eigenvalue weighted by Crippen LogP contribution is -2.43. The number of rotatable bonds is 17. The molecule has 22 heteroatoms. The number of aromatic nitrogens is 3. The van der Waals surface area contributed by atoms with Crippen molar-refractivity contribution in [2.45, 2.75) is 260 Å². The summed E-state index contributed by atoms with van der Waals surface area (Å²) < 4.78 is 25.6. The quantitative estimate of drug-likeness (QED) is 0.0494. The number of nitrogens with zero attached hydrogens (tertiary/aromatic N) is 4. The van der Waals surface area contributed by atoms with E-state index < -0.39 is 28.0 Å². The van der Waals surface area contributed by atoms with E-state index in [0.29, 0.717) is 50.3 Å². The number of carbonyl (C=O) groups excluding carboxylic acids is 7. The van der Waals surface area contributed by atoms with Gasteiger partial charge in [0.2, 0.25) is 0 Å². The number of amides is 4. The average Bonchev–Trinajstić information content (AvgIpc) is 1.57. The second-order valence-electron chi connectivity index (χ2n) is 37.4. The van der Waals surface area contributed by atoms with Gasteiger partial charge in [-0.15, -0.1) is 0 Å². The summed E-state index contributed by atoms with van der Waals surface area (Å²) in [5, 5.41) is 21.9. The predicted molar refractivity (Wildman–Crippen MR) is 461 cm³/mol. The van der Waals surface area contributed by atoms with Crippen LogP contribution >= 0.6 is 0 Å². The maximum Gasteiger partial charge on any atom is 0.410 e. The van der Waals surface area contributed by atoms with Gasteiger partial charge in [-0.1, -0.05) is 107 Å². The fourth-order valence-corrected chi connectivity index (χ4v) is 19.4. The number of aromatic carboxylic acids is 1. The van der Waals surface area contributed by atoms with E-state index in [4.69, 9.17) is 24.7 Å². The Morgan fingerprint density at radius 1 is 0.504 bits per heavy atom. The number of H-pyrrole nitrogens is 1. The number of methoxy groups -OCH3 is 2. The molecule has 5 aromatic carbocycles. The first-order valence-corrected chi connectivity index (χ1v) is 42.3. The summed E-state index contributed by atoms with van der Waals surface area (Å²) in [4.78, 5) is 111. The third kappa shape index (κ3) is 18.1. The zero-order valence-electron chi connectivity index (χ0n) is 72.9. The largest absolute Gasteiger partial charge is 0.497 e. The molecule has 117 heavy (non-hydrogen) atoms. The molecule has 0 saturated carbocycles. The number of ether oxygens (including phenoxy) is 4. The van der Waals surface area contributed by atoms with Gasteiger partial charge >= 0.3 is 18.2 Å². The van der Waals surface area contributed by atoms with E-state index >= 15 is 0 Å². The second kappa shape index (κ2) is 34.3. The molecule has 3 aliphatic carbocycles. The van der Waals surface area contributed by atoms with Crippen molar-refractivity contribution in [2.75, 3.05) is 53.5 Å². The van der Waals surface area contributed by atoms with Crippen LogP contribution in [0.2, 0.25) is 0 Å². The van der Waals surface area contributed by atoms with Crippen molar-refractivity contribution in [1.82, 2.24) is 39.9 Å². The van der Waals surface area contributed by atoms with Gasteiger partial charge in [-0.3, -0.25) is 24.0 Å². The molecule has 8 aromatic rings. The molecule has 3 saturated heterocycles. The Balaban J connectivity index is 0.000000163. The van der Waals surface area contributed by atoms with E-state index in [9.17, 15) is 43.5 Å². The van der Waals surface area contributed by atoms with Gasteiger partial charge in [0.05, 0.1) is 36.9 Å². The minimum atomic E-state index is -0.958. The van der Waals surface area contributed by atoms with E-state index in [1.54, 1.807) is 36.2 Å². The van der Waals surface area contributed by atoms with Gasteiger partial charge in [0.25, 0.3) is 11.8 Å². The van der Waals surface area contributed by atoms with Crippen molar-refractivity contribution in [1.29, 1.82) is 0 Å². The van der Waals surface area contributed by atoms with Crippen LogP contribution in [-0.4, -0.2) is 159 Å². The lowest BCUT2D eigenvalue weighted by atomic mass is 9.59. The van der Waals surface area contributed by atoms with Crippen LogP contribution in [0.4, 0.5) is 9.59 Å². The highest BCUT2D eigenvalue weighted by atomic mass is 16.6. The Labute approximate surface area is 690 Å². The SMILES string of the molecule is CC(C)(C)OC(=O)N1CCC(N)C1.CCC1(CC)CC(C)(C)c2c([nH]c3ccc(C(=O)NC4CCNC4)cc23)C1=O.CCC1(CC)CC(C)(C)c2c(n(Cc3ccc(OC)cc3)c3ccc(C(=O)NC4CCN(C(=O)OC(C)(C)C)C4)cc23)C1=O.CCC1(CC)CC(C)(C)c2c(n(Cc3ccc(OC)cc3)c3ccc(C(=O)O)cc23)C1=O. The number of carbonyl (C=O) groups is 8. The van der Waals surface area contributed by atoms with E-state index in [0.717, 1.165) is 179 Å². The number of likely N-dealkylation sites (tertiary alicyclic amines) is 2. The number of ketones is 3. The minimum absolute atomic E-state index is 0.0399. The van der Waals surface area contributed by atoms with Crippen LogP contribution in [0.5, 0.6) is 11.5 Å². The number of carboxylic acids is 1. The first kappa shape index (κ1) is 88.0. The van der Waals surface area contributed by atoms with Crippen molar-refractivity contribution >= 4 is 80.0 Å². The molecule has 14 rings (SSSR count). The molecule has 3 unspecified atom stereocenters. The second-order valence-corrected chi connectivity index (χ2v) is 37.4. The summed E-state index contributed by atoms with van der Waals surface area (Å²) >= 11 is 0. The third-order valence-corrected chi connectivity index (χ3v) is 25.7. The molecule has 6 aliphatic rings. The van der Waals surface area contributed by atoms with Gasteiger partial charge in [-0.25, -0.2) is 14.4 Å². The van der Waals surface area contributed by atoms with Gasteiger partial charge in [0.15, 0.2) is 17.3 Å². The highest BCUT2D eigenvalue weighted by Crippen LogP contribution is 2.56. The highest BCUT2D eigenvalue weighted by Gasteiger charge is 2.53. The predicted octanol–water partition coefficient (Wildman–Crippen LogP) is 18.1. The zero-order valence-corrected chi connectivity index (χ0v) is 72.9. The monoisotopic (exact) mass is 1600 g/mol. The van der Waals surface area contributed by atoms with Crippen LogP contribution in [0.1, 0.15) is 292 Å². The Morgan fingerprint density at radius 2 is 0.906 bits per heavy atom. The van der Waals surface area contributed by atoms with Crippen molar-refractivity contribution in [3.05, 3.63) is 165 Å². The number of aromatic amines is 1. The zero-order chi connectivity index (χ0) is 85.4. The fraction of sp³-hybridized carbons (Fsp3) is 0.537. The minimum Gasteiger partial charge on any atom is -0.497 e. The molecule has 6 heterocycles. The Hall–Kier alpha value is -9.80. The number of nitrogens with one attached hydrogen (secondary N) is 4. The van der Waals surface area contributed by atoms with Crippen LogP contribution < -0.4 is 31.2 Å². The smallest absolute Gasteiger partial charge is 0.410 e. The van der Waals surface area contributed by atoms with Crippen molar-refractivity contribution in [2.24, 2.45) is 22.0 Å². The molecule has 0 radical (unpaired) electrons. The summed E-state index contributed by atoms with van der Waals surface area (Å²) in [6, 6.07) is 32.7. The lowest BCUT2D eigenvalue weighted by molar-refractivity contribution is 0.0281. The van der Waals surface area contributed by atoms with Crippen LogP contribution in [0.3, 0.4) is 0 Å². The van der Waals surface area contributed by atoms with Crippen LogP contribution in [-0.2, 0) is 38.8 Å². The molecule has 3 aromatic heterocycles. The van der Waals surface area contributed by atoms with Crippen molar-refractivity contribution in [3.63, 3.8) is 0 Å². The highest BCUT2D eigenvalue weighted by molar-refractivity contribution is 6.12. The maximum atomic E-state index is 14.4. The van der Waals surface area contributed by atoms with Gasteiger partial charge < -0.3 is 69.7 Å². The van der Waals surface area contributed by atoms with Crippen LogP contribution in [0, 0.1) is 16.2 Å². The molecule has 0 bridgehead atoms. The van der Waals surface area contributed by atoms with Crippen molar-refractivity contribution in [3.8, 4) is 11.5 Å². The summed E-state index contributed by atoms with van der Waals surface area (Å²) in [6.07, 6.45) is 9.10. The third-order valence-electron chi connectivity index (χ3n) is 25.7. The van der Waals surface area contributed by atoms with Gasteiger partial charge in [0.1, 0.15) is 22.7 Å². The summed E-state index contributed by atoms with van der Waals surface area (Å²) in [5.41, 5.74) is 14.6. The molecule has 7 N–H and O–H groups in total. The molecule has 3 atom stereocenters. The summed E-state index contributed by atoms with van der Waals surface area (Å²) in [5.74, 6) is 0.990. The molecular weight excluding hydrogens is 1480 g/mol. The number of hydrogen-bond donors (Lipinski definition) is 6. The average molecular weight is 1600 g/mol. The number of Topliss-reactive ketones (excluding diaryl/α,β-unsaturated/α-hetero) is 3. The van der Waals surface area contributed by atoms with E-state index in [-0.39, 0.29) is 86.7 Å². The van der Waals surface area contributed by atoms with Gasteiger partial charge in [-0.2, -0.15) is 0 Å². The molecule has 3 aliphatic heterocycles. The topological polar surface area (TPSA) is 288 Å². The number of nitrogens with two attached hydrogens (primary N) is 1. The number of carboxylic acid groups (broad SMARTS) is 1. The van der Waals surface area contributed by atoms with E-state index in [1.807, 2.05) is 133 Å². The molecule has 630 valence electrons. The first-order chi connectivity index (χ1) is 55.1. The van der Waals surface area contributed by atoms with Crippen LogP contribution in [0.25, 0.3) is 32.7 Å². The maximum absolute atomic E-state index is 14.4. The van der Waals surface area contributed by atoms with E-state index in [1.165, 1.54) is 0 Å². The summed E-state index contributed by atoms with van der Waals surface area (Å²) in [6.45, 7) is 42.2.